The molecule has 38 aromatic rings. The quantitative estimate of drug-likeness (QED) is 0.0328. The van der Waals surface area contributed by atoms with Gasteiger partial charge in [-0.1, -0.05) is 243 Å². The van der Waals surface area contributed by atoms with Gasteiger partial charge in [0.15, 0.2) is 5.41 Å². The molecule has 6 nitrogen and oxygen atoms in total. The molecule has 622 valence electrons. The second-order valence-electron chi connectivity index (χ2n) is 42.5. The Bertz CT molecular complexity index is 11000. The molecule has 0 saturated heterocycles. The normalized spacial score (nSPS) is 15.9. The predicted molar refractivity (Wildman–Crippen MR) is 580 cm³/mol. The molecule has 38 aromatic carbocycles. The number of carbonyl (C=O) groups is 2. The Morgan fingerprint density at radius 2 is 0.309 bits per heavy atom. The first kappa shape index (κ1) is 66.5. The molecule has 0 atom stereocenters. The van der Waals surface area contributed by atoms with Gasteiger partial charge in [-0.3, -0.25) is 9.59 Å². The number of hydrogen-bond donors (Lipinski definition) is 0. The van der Waals surface area contributed by atoms with Crippen molar-refractivity contribution >= 4 is 386 Å². The van der Waals surface area contributed by atoms with Gasteiger partial charge in [0, 0.05) is 34.1 Å². The van der Waals surface area contributed by atoms with Crippen LogP contribution in [0.25, 0.3) is 339 Å². The highest BCUT2D eigenvalue weighted by molar-refractivity contribution is 6.83. The molecule has 1 fully saturated rings. The minimum atomic E-state index is -1.94. The van der Waals surface area contributed by atoms with Gasteiger partial charge in [-0.2, -0.15) is 0 Å². The molecule has 0 aliphatic heterocycles. The lowest BCUT2D eigenvalue weighted by Gasteiger charge is -2.32. The molecule has 0 N–H and O–H groups in total. The third-order valence-electron chi connectivity index (χ3n) is 37.8. The van der Waals surface area contributed by atoms with Crippen LogP contribution in [0.1, 0.15) is 77.9 Å². The zero-order chi connectivity index (χ0) is 88.1. The number of hydrogen-bond acceptors (Lipinski definition) is 6. The Morgan fingerprint density at radius 3 is 0.475 bits per heavy atom. The summed E-state index contributed by atoms with van der Waals surface area (Å²) in [5.74, 6) is -0.960. The van der Waals surface area contributed by atoms with E-state index in [0.29, 0.717) is 0 Å². The van der Waals surface area contributed by atoms with Crippen LogP contribution in [0.5, 0.6) is 0 Å². The van der Waals surface area contributed by atoms with Crippen molar-refractivity contribution in [1.82, 2.24) is 0 Å². The number of ether oxygens (including phenoxy) is 2. The molecule has 5 aliphatic carbocycles. The predicted octanol–water partition coefficient (Wildman–Crippen LogP) is 34.4. The van der Waals surface area contributed by atoms with Crippen molar-refractivity contribution in [2.75, 3.05) is 9.80 Å². The summed E-state index contributed by atoms with van der Waals surface area (Å²) in [6.45, 7) is -0.0585. The topological polar surface area (TPSA) is 59.1 Å². The molecule has 0 aromatic heterocycles. The van der Waals surface area contributed by atoms with Crippen LogP contribution in [0.2, 0.25) is 0 Å². The molecule has 1 saturated carbocycles. The van der Waals surface area contributed by atoms with Gasteiger partial charge in [-0.25, -0.2) is 0 Å². The molecule has 6 heteroatoms. The van der Waals surface area contributed by atoms with E-state index in [9.17, 15) is 0 Å². The van der Waals surface area contributed by atoms with Crippen molar-refractivity contribution in [2.24, 2.45) is 5.41 Å². The summed E-state index contributed by atoms with van der Waals surface area (Å²) in [7, 11) is 0. The van der Waals surface area contributed by atoms with Crippen molar-refractivity contribution in [1.29, 1.82) is 0 Å². The van der Waals surface area contributed by atoms with E-state index < -0.39 is 28.2 Å². The molecule has 43 rings (SSSR count). The first-order chi connectivity index (χ1) is 68.9. The lowest BCUT2D eigenvalue weighted by Crippen LogP contribution is -2.38. The third-order valence-corrected chi connectivity index (χ3v) is 37.8. The van der Waals surface area contributed by atoms with E-state index >= 15 is 9.59 Å². The number of nitrogens with zero attached hydrogens (tertiary/aromatic N) is 2. The average molecular weight is 1750 g/mol. The number of rotatable bonds is 20. The maximum atomic E-state index is 18.5. The Hall–Kier alpha value is -17.8. The highest BCUT2D eigenvalue weighted by atomic mass is 16.6. The standard InChI is InChI=1S/C133H56N2O4/c136-129(138-53-63-41-37-59(38-42-63)31-29-55-21-25-57(26-22-55)33-35-61-45-49-69(50-46-61)134(65-13-5-1-6-14-65)66-15-7-2-8-16-66)133(130(137)139-54-64-43-39-60(40-44-64)32-30-56-23-27-58(28-24-56)34-36-62-47-51-70(52-48-62)135(67-17-9-3-10-18-67)68-19-11-4-12-20-68)131-125-117-109-99-89-81-73-71-72-75-79-77(73)85-93-87(79)97-91-83(75)84-76(72)80-78-74(71)82(81)90-96-86(78)94-88(80)98-92(84)102-101(91)111-105(97)115-107(93)113(103(109)95(85)89)121(125)123(115)127-119(111)120-112(102)106(98)116-108(94)114-104(96)110(100(90)99)118(117)126(131)122(114)124(116)128(120)132(127,131)133/h1-52H,53-54H2/b31-29+,32-30+,35-33+,36-34+. The van der Waals surface area contributed by atoms with E-state index in [1.54, 1.807) is 10.8 Å². The Balaban J connectivity index is 0.465. The van der Waals surface area contributed by atoms with Crippen molar-refractivity contribution in [3.05, 3.63) is 345 Å². The van der Waals surface area contributed by atoms with Gasteiger partial charge in [-0.15, -0.1) is 0 Å². The monoisotopic (exact) mass is 1740 g/mol. The first-order valence-corrected chi connectivity index (χ1v) is 49.2. The fraction of sp³-hybridized carbons (Fsp3) is 0.0376. The van der Waals surface area contributed by atoms with Crippen molar-refractivity contribution in [2.45, 2.75) is 24.0 Å². The summed E-state index contributed by atoms with van der Waals surface area (Å²) in [6, 6.07) is 94.0. The summed E-state index contributed by atoms with van der Waals surface area (Å²) < 4.78 is 15.0. The zero-order valence-electron chi connectivity index (χ0n) is 73.5. The van der Waals surface area contributed by atoms with Crippen LogP contribution >= 0.6 is 0 Å². The van der Waals surface area contributed by atoms with Crippen molar-refractivity contribution in [3.63, 3.8) is 0 Å². The van der Waals surface area contributed by atoms with Gasteiger partial charge in [0.05, 0.1) is 10.8 Å². The van der Waals surface area contributed by atoms with Crippen LogP contribution in [0.15, 0.2) is 267 Å². The van der Waals surface area contributed by atoms with Crippen molar-refractivity contribution < 1.29 is 19.1 Å². The molecule has 0 unspecified atom stereocenters. The van der Waals surface area contributed by atoms with E-state index in [0.717, 1.165) is 89.8 Å². The number of benzene rings is 28. The fourth-order valence-corrected chi connectivity index (χ4v) is 34.1. The largest absolute Gasteiger partial charge is 0.460 e. The fourth-order valence-electron chi connectivity index (χ4n) is 34.1. The molecular formula is C133H56N2O4. The maximum absolute atomic E-state index is 18.5. The molecular weight excluding hydrogens is 1690 g/mol. The first-order valence-electron chi connectivity index (χ1n) is 49.2. The van der Waals surface area contributed by atoms with Crippen LogP contribution in [0, 0.1) is 5.41 Å². The third kappa shape index (κ3) is 5.99. The molecule has 2 spiro atoms. The Labute approximate surface area is 783 Å². The Kier molecular flexibility index (Phi) is 9.70. The van der Waals surface area contributed by atoms with E-state index in [2.05, 4.69) is 325 Å². The van der Waals surface area contributed by atoms with Crippen LogP contribution in [-0.4, -0.2) is 11.9 Å². The lowest BCUT2D eigenvalue weighted by atomic mass is 9.68. The van der Waals surface area contributed by atoms with Crippen LogP contribution in [-0.2, 0) is 43.1 Å². The molecule has 0 heterocycles. The van der Waals surface area contributed by atoms with E-state index in [-0.39, 0.29) is 13.2 Å². The van der Waals surface area contributed by atoms with Gasteiger partial charge in [0.1, 0.15) is 13.2 Å². The molecule has 139 heavy (non-hydrogen) atoms. The minimum absolute atomic E-state index is 0.0292. The number of anilines is 6. The molecule has 0 bridgehead atoms. The Morgan fingerprint density at radius 1 is 0.173 bits per heavy atom. The van der Waals surface area contributed by atoms with Gasteiger partial charge >= 0.3 is 11.9 Å². The van der Waals surface area contributed by atoms with E-state index in [1.807, 2.05) is 0 Å². The summed E-state index contributed by atoms with van der Waals surface area (Å²) in [4.78, 5) is 41.6. The van der Waals surface area contributed by atoms with Gasteiger partial charge in [-0.05, 0) is 442 Å². The second kappa shape index (κ2) is 20.3. The highest BCUT2D eigenvalue weighted by Crippen LogP contribution is 2.97. The summed E-state index contributed by atoms with van der Waals surface area (Å²) in [5, 5.41) is 78.0. The van der Waals surface area contributed by atoms with Gasteiger partial charge in [0.25, 0.3) is 0 Å². The SMILES string of the molecule is O=C(OCc1ccc(/C=C/c2ccc(/C=C/c3ccc(N(c4ccccc4)c4ccccc4)cc3)cc2)cc1)C1(C(=O)OCc2ccc(/C=C/c3ccc(/C=C/c4ccc(N(c5ccccc5)c5ccccc5)cc4)cc3)cc2)C23c4c5c6c7c8c9c(c%10c%11c2c2c4c4c%12c5c5c6c6c8c8c%13c9c9c%10c%10c%11c%11c2c2c4c4c%12c%12c5c5c6c8c6c8c%13c9c9c%10c%10c%11c2c2c4c4c%12c5c6c5c8c9c%10c2c45)C713. The zero-order valence-corrected chi connectivity index (χ0v) is 73.5. The number of carbonyl (C=O) groups excluding carboxylic acids is 2. The van der Waals surface area contributed by atoms with Crippen molar-refractivity contribution in [3.8, 4) is 0 Å². The molecule has 5 aliphatic rings. The molecule has 0 amide bonds. The van der Waals surface area contributed by atoms with Gasteiger partial charge < -0.3 is 19.3 Å². The summed E-state index contributed by atoms with van der Waals surface area (Å²) in [6.07, 6.45) is 17.4. The summed E-state index contributed by atoms with van der Waals surface area (Å²) in [5.41, 5.74) is 17.4. The number of esters is 2. The smallest absolute Gasteiger partial charge is 0.326 e. The second-order valence-corrected chi connectivity index (χ2v) is 42.5. The molecule has 0 radical (unpaired) electrons. The number of para-hydroxylation sites is 4. The lowest BCUT2D eigenvalue weighted by molar-refractivity contribution is -0.168. The van der Waals surface area contributed by atoms with Crippen LogP contribution < -0.4 is 9.80 Å². The average Bonchev–Trinajstić information content (AvgIpc) is 1.35. The van der Waals surface area contributed by atoms with Gasteiger partial charge in [0.2, 0.25) is 0 Å². The van der Waals surface area contributed by atoms with E-state index in [4.69, 9.17) is 9.47 Å². The van der Waals surface area contributed by atoms with Crippen LogP contribution in [0.4, 0.5) is 34.1 Å². The maximum Gasteiger partial charge on any atom is 0.326 e. The summed E-state index contributed by atoms with van der Waals surface area (Å²) >= 11 is 0. The highest BCUT2D eigenvalue weighted by Gasteiger charge is 3.01. The van der Waals surface area contributed by atoms with Crippen LogP contribution in [0.3, 0.4) is 0 Å². The minimum Gasteiger partial charge on any atom is -0.460 e. The van der Waals surface area contributed by atoms with E-state index in [1.165, 1.54) is 302 Å².